The standard InChI is InChI=1S/C12H15N3O2S/c1-2-8-15(9-10-5-6-10)18(16,17)11-4-3-7-14-12(11)13/h1,3-4,7,10H,5-6,8-9H2,(H2,13,14). The molecule has 1 aliphatic carbocycles. The lowest BCUT2D eigenvalue weighted by molar-refractivity contribution is 0.430. The van der Waals surface area contributed by atoms with Crippen LogP contribution in [0.4, 0.5) is 5.82 Å². The number of nitrogens with two attached hydrogens (primary N) is 1. The summed E-state index contributed by atoms with van der Waals surface area (Å²) in [5.74, 6) is 2.81. The van der Waals surface area contributed by atoms with Crippen molar-refractivity contribution in [3.63, 3.8) is 0 Å². The van der Waals surface area contributed by atoms with Crippen LogP contribution >= 0.6 is 0 Å². The summed E-state index contributed by atoms with van der Waals surface area (Å²) in [7, 11) is -3.65. The Morgan fingerprint density at radius 2 is 2.28 bits per heavy atom. The molecule has 1 fully saturated rings. The molecule has 96 valence electrons. The van der Waals surface area contributed by atoms with Crippen LogP contribution in [0.5, 0.6) is 0 Å². The first-order chi connectivity index (χ1) is 8.55. The number of anilines is 1. The summed E-state index contributed by atoms with van der Waals surface area (Å²) in [4.78, 5) is 3.83. The van der Waals surface area contributed by atoms with Gasteiger partial charge >= 0.3 is 0 Å². The van der Waals surface area contributed by atoms with Gasteiger partial charge in [0.1, 0.15) is 10.7 Å². The van der Waals surface area contributed by atoms with Crippen LogP contribution in [-0.2, 0) is 10.0 Å². The normalized spacial score (nSPS) is 15.6. The minimum atomic E-state index is -3.65. The monoisotopic (exact) mass is 265 g/mol. The summed E-state index contributed by atoms with van der Waals surface area (Å²) in [5, 5.41) is 0. The predicted octanol–water partition coefficient (Wildman–Crippen LogP) is 0.698. The molecule has 0 spiro atoms. The molecule has 1 aliphatic rings. The summed E-state index contributed by atoms with van der Waals surface area (Å²) in [6.45, 7) is 0.522. The minimum Gasteiger partial charge on any atom is -0.383 e. The molecular weight excluding hydrogens is 250 g/mol. The van der Waals surface area contributed by atoms with E-state index in [0.29, 0.717) is 12.5 Å². The average Bonchev–Trinajstić information content (AvgIpc) is 3.13. The van der Waals surface area contributed by atoms with Crippen LogP contribution in [0.2, 0.25) is 0 Å². The lowest BCUT2D eigenvalue weighted by Gasteiger charge is -2.20. The van der Waals surface area contributed by atoms with Crippen molar-refractivity contribution >= 4 is 15.8 Å². The Balaban J connectivity index is 2.32. The molecule has 6 heteroatoms. The van der Waals surface area contributed by atoms with E-state index in [1.165, 1.54) is 16.6 Å². The Bertz CT molecular complexity index is 573. The van der Waals surface area contributed by atoms with Crippen molar-refractivity contribution in [2.75, 3.05) is 18.8 Å². The Morgan fingerprint density at radius 1 is 1.56 bits per heavy atom. The van der Waals surface area contributed by atoms with Crippen molar-refractivity contribution in [3.05, 3.63) is 18.3 Å². The van der Waals surface area contributed by atoms with Gasteiger partial charge in [-0.1, -0.05) is 5.92 Å². The summed E-state index contributed by atoms with van der Waals surface area (Å²) < 4.78 is 26.1. The molecule has 2 N–H and O–H groups in total. The van der Waals surface area contributed by atoms with Crippen LogP contribution in [0.15, 0.2) is 23.2 Å². The Hall–Kier alpha value is -1.58. The summed E-state index contributed by atoms with van der Waals surface area (Å²) in [5.41, 5.74) is 5.62. The second kappa shape index (κ2) is 4.96. The number of aromatic nitrogens is 1. The van der Waals surface area contributed by atoms with E-state index in [1.54, 1.807) is 6.07 Å². The molecule has 0 aromatic carbocycles. The van der Waals surface area contributed by atoms with Gasteiger partial charge in [0, 0.05) is 12.7 Å². The number of hydrogen-bond donors (Lipinski definition) is 1. The summed E-state index contributed by atoms with van der Waals surface area (Å²) in [6.07, 6.45) is 8.80. The van der Waals surface area contributed by atoms with Crippen molar-refractivity contribution in [1.82, 2.24) is 9.29 Å². The zero-order valence-electron chi connectivity index (χ0n) is 9.91. The topological polar surface area (TPSA) is 76.3 Å². The fourth-order valence-corrected chi connectivity index (χ4v) is 3.20. The van der Waals surface area contributed by atoms with Gasteiger partial charge in [-0.3, -0.25) is 0 Å². The number of nitrogen functional groups attached to an aromatic ring is 1. The van der Waals surface area contributed by atoms with Crippen molar-refractivity contribution in [2.24, 2.45) is 5.92 Å². The molecule has 0 radical (unpaired) electrons. The first-order valence-electron chi connectivity index (χ1n) is 5.70. The molecule has 18 heavy (non-hydrogen) atoms. The fraction of sp³-hybridized carbons (Fsp3) is 0.417. The highest BCUT2D eigenvalue weighted by Crippen LogP contribution is 2.32. The van der Waals surface area contributed by atoms with Gasteiger partial charge in [-0.25, -0.2) is 13.4 Å². The highest BCUT2D eigenvalue weighted by molar-refractivity contribution is 7.89. The van der Waals surface area contributed by atoms with E-state index in [0.717, 1.165) is 12.8 Å². The largest absolute Gasteiger partial charge is 0.383 e. The molecule has 0 bridgehead atoms. The number of rotatable bonds is 5. The third-order valence-corrected chi connectivity index (χ3v) is 4.70. The van der Waals surface area contributed by atoms with E-state index in [1.807, 2.05) is 0 Å². The summed E-state index contributed by atoms with van der Waals surface area (Å²) >= 11 is 0. The molecule has 0 aliphatic heterocycles. The van der Waals surface area contributed by atoms with Crippen LogP contribution in [0, 0.1) is 18.3 Å². The zero-order chi connectivity index (χ0) is 13.2. The highest BCUT2D eigenvalue weighted by atomic mass is 32.2. The third kappa shape index (κ3) is 2.63. The van der Waals surface area contributed by atoms with E-state index in [9.17, 15) is 8.42 Å². The molecule has 2 rings (SSSR count). The van der Waals surface area contributed by atoms with Crippen molar-refractivity contribution < 1.29 is 8.42 Å². The molecule has 0 amide bonds. The van der Waals surface area contributed by atoms with E-state index in [2.05, 4.69) is 10.9 Å². The molecule has 1 aromatic rings. The van der Waals surface area contributed by atoms with E-state index in [-0.39, 0.29) is 17.3 Å². The summed E-state index contributed by atoms with van der Waals surface area (Å²) in [6, 6.07) is 3.00. The number of sulfonamides is 1. The first-order valence-corrected chi connectivity index (χ1v) is 7.14. The maximum Gasteiger partial charge on any atom is 0.247 e. The van der Waals surface area contributed by atoms with Gasteiger partial charge in [0.15, 0.2) is 0 Å². The predicted molar refractivity (Wildman–Crippen MR) is 69.0 cm³/mol. The van der Waals surface area contributed by atoms with Gasteiger partial charge in [-0.2, -0.15) is 4.31 Å². The van der Waals surface area contributed by atoms with Crippen LogP contribution in [0.3, 0.4) is 0 Å². The molecule has 0 atom stereocenters. The van der Waals surface area contributed by atoms with Crippen molar-refractivity contribution in [3.8, 4) is 12.3 Å². The average molecular weight is 265 g/mol. The second-order valence-electron chi connectivity index (χ2n) is 4.33. The van der Waals surface area contributed by atoms with E-state index < -0.39 is 10.0 Å². The maximum atomic E-state index is 12.4. The van der Waals surface area contributed by atoms with Crippen LogP contribution in [0.1, 0.15) is 12.8 Å². The Kier molecular flexibility index (Phi) is 3.55. The van der Waals surface area contributed by atoms with E-state index in [4.69, 9.17) is 12.2 Å². The zero-order valence-corrected chi connectivity index (χ0v) is 10.7. The molecule has 5 nitrogen and oxygen atoms in total. The third-order valence-electron chi connectivity index (χ3n) is 2.84. The molecule has 0 unspecified atom stereocenters. The Morgan fingerprint density at radius 3 is 2.83 bits per heavy atom. The lowest BCUT2D eigenvalue weighted by Crippen LogP contribution is -2.33. The van der Waals surface area contributed by atoms with Crippen LogP contribution < -0.4 is 5.73 Å². The lowest BCUT2D eigenvalue weighted by atomic mass is 10.4. The SMILES string of the molecule is C#CCN(CC1CC1)S(=O)(=O)c1cccnc1N. The van der Waals surface area contributed by atoms with Crippen LogP contribution in [-0.4, -0.2) is 30.8 Å². The number of terminal acetylenes is 1. The number of pyridine rings is 1. The molecule has 1 saturated carbocycles. The van der Waals surface area contributed by atoms with Crippen molar-refractivity contribution in [2.45, 2.75) is 17.7 Å². The highest BCUT2D eigenvalue weighted by Gasteiger charge is 2.32. The maximum absolute atomic E-state index is 12.4. The number of nitrogens with zero attached hydrogens (tertiary/aromatic N) is 2. The van der Waals surface area contributed by atoms with Gasteiger partial charge in [0.2, 0.25) is 10.0 Å². The fourth-order valence-electron chi connectivity index (χ4n) is 1.70. The van der Waals surface area contributed by atoms with Crippen LogP contribution in [0.25, 0.3) is 0 Å². The first kappa shape index (κ1) is 12.9. The minimum absolute atomic E-state index is 0.00955. The van der Waals surface area contributed by atoms with Gasteiger partial charge in [-0.15, -0.1) is 6.42 Å². The van der Waals surface area contributed by atoms with Gasteiger partial charge in [0.05, 0.1) is 6.54 Å². The smallest absolute Gasteiger partial charge is 0.247 e. The second-order valence-corrected chi connectivity index (χ2v) is 6.24. The molecule has 1 aromatic heterocycles. The Labute approximate surface area is 107 Å². The van der Waals surface area contributed by atoms with Gasteiger partial charge in [-0.05, 0) is 30.9 Å². The molecule has 0 saturated heterocycles. The van der Waals surface area contributed by atoms with Gasteiger partial charge < -0.3 is 5.73 Å². The van der Waals surface area contributed by atoms with E-state index >= 15 is 0 Å². The molecular formula is C12H15N3O2S. The quantitative estimate of drug-likeness (QED) is 0.795. The number of hydrogen-bond acceptors (Lipinski definition) is 4. The molecule has 1 heterocycles. The van der Waals surface area contributed by atoms with Crippen molar-refractivity contribution in [1.29, 1.82) is 0 Å². The van der Waals surface area contributed by atoms with Gasteiger partial charge in [0.25, 0.3) is 0 Å².